The third kappa shape index (κ3) is 1.31. The van der Waals surface area contributed by atoms with Gasteiger partial charge < -0.3 is 0 Å². The molecule has 0 unspecified atom stereocenters. The van der Waals surface area contributed by atoms with Crippen molar-refractivity contribution in [1.29, 1.82) is 0 Å². The van der Waals surface area contributed by atoms with Gasteiger partial charge in [0.2, 0.25) is 0 Å². The third-order valence-electron chi connectivity index (χ3n) is 1.64. The maximum absolute atomic E-state index is 11.1. The number of hydrogen-bond acceptors (Lipinski definition) is 2. The summed E-state index contributed by atoms with van der Waals surface area (Å²) in [6.45, 7) is 1.39. The lowest BCUT2D eigenvalue weighted by Gasteiger charge is -2.02. The molecule has 1 saturated carbocycles. The molecule has 0 aromatic carbocycles. The topological polar surface area (TPSA) is 49.2 Å². The van der Waals surface area contributed by atoms with Crippen LogP contribution >= 0.6 is 0 Å². The quantitative estimate of drug-likeness (QED) is 0.558. The summed E-state index contributed by atoms with van der Waals surface area (Å²) in [5.74, 6) is 0. The minimum atomic E-state index is -3.04. The highest BCUT2D eigenvalue weighted by Gasteiger charge is 2.36. The van der Waals surface area contributed by atoms with Gasteiger partial charge in [-0.05, 0) is 12.8 Å². The summed E-state index contributed by atoms with van der Waals surface area (Å²) in [7, 11) is -3.04. The van der Waals surface area contributed by atoms with Crippen LogP contribution in [0, 0.1) is 0 Å². The minimum absolute atomic E-state index is 0.241. The van der Waals surface area contributed by atoms with Crippen LogP contribution in [0.25, 0.3) is 0 Å². The Bertz CT molecular complexity index is 228. The highest BCUT2D eigenvalue weighted by Crippen LogP contribution is 2.22. The largest absolute Gasteiger partial charge is 0.279 e. The molecule has 5 heteroatoms. The van der Waals surface area contributed by atoms with Gasteiger partial charge in [-0.25, -0.2) is 0 Å². The summed E-state index contributed by atoms with van der Waals surface area (Å²) >= 11 is 0. The van der Waals surface area contributed by atoms with E-state index in [0.29, 0.717) is 13.1 Å². The van der Waals surface area contributed by atoms with Crippen molar-refractivity contribution in [1.82, 2.24) is 9.03 Å². The molecular weight excluding hydrogens is 152 g/mol. The van der Waals surface area contributed by atoms with Crippen molar-refractivity contribution < 1.29 is 8.42 Å². The van der Waals surface area contributed by atoms with Crippen molar-refractivity contribution in [3.63, 3.8) is 0 Å². The highest BCUT2D eigenvalue weighted by atomic mass is 32.2. The highest BCUT2D eigenvalue weighted by molar-refractivity contribution is 7.87. The Kier molecular flexibility index (Phi) is 1.27. The molecule has 1 heterocycles. The molecule has 0 atom stereocenters. The van der Waals surface area contributed by atoms with Crippen LogP contribution in [0.5, 0.6) is 0 Å². The normalized spacial score (nSPS) is 26.8. The average Bonchev–Trinajstić information content (AvgIpc) is 2.58. The number of nitrogens with zero attached hydrogens (tertiary/aromatic N) is 1. The number of hydrogen-bond donors (Lipinski definition) is 1. The van der Waals surface area contributed by atoms with Crippen molar-refractivity contribution in [2.75, 3.05) is 13.1 Å². The zero-order chi connectivity index (χ0) is 7.19. The zero-order valence-corrected chi connectivity index (χ0v) is 6.39. The Balaban J connectivity index is 1.98. The Morgan fingerprint density at radius 3 is 2.30 bits per heavy atom. The molecule has 2 fully saturated rings. The van der Waals surface area contributed by atoms with Gasteiger partial charge in [-0.2, -0.15) is 17.4 Å². The monoisotopic (exact) mass is 162 g/mol. The second kappa shape index (κ2) is 1.93. The van der Waals surface area contributed by atoms with E-state index in [1.54, 1.807) is 0 Å². The summed E-state index contributed by atoms with van der Waals surface area (Å²) in [5, 5.41) is 0. The van der Waals surface area contributed by atoms with Crippen LogP contribution in [-0.4, -0.2) is 31.9 Å². The number of rotatable bonds is 3. The zero-order valence-electron chi connectivity index (χ0n) is 5.58. The summed E-state index contributed by atoms with van der Waals surface area (Å²) < 4.78 is 26.1. The van der Waals surface area contributed by atoms with E-state index in [1.165, 1.54) is 4.31 Å². The Labute approximate surface area is 60.4 Å². The van der Waals surface area contributed by atoms with Gasteiger partial charge in [-0.1, -0.05) is 0 Å². The molecule has 0 radical (unpaired) electrons. The van der Waals surface area contributed by atoms with Gasteiger partial charge in [-0.15, -0.1) is 0 Å². The standard InChI is InChI=1S/C5H10N2O2S/c8-10(9,7-3-4-7)6-5-1-2-5/h5-6H,1-4H2. The molecule has 0 amide bonds. The molecule has 0 aromatic heterocycles. The lowest BCUT2D eigenvalue weighted by Crippen LogP contribution is -2.31. The van der Waals surface area contributed by atoms with Crippen molar-refractivity contribution in [3.8, 4) is 0 Å². The first kappa shape index (κ1) is 6.57. The first-order chi connectivity index (χ1) is 4.68. The van der Waals surface area contributed by atoms with Gasteiger partial charge in [0, 0.05) is 19.1 Å². The molecule has 2 rings (SSSR count). The number of nitrogens with one attached hydrogen (secondary N) is 1. The van der Waals surface area contributed by atoms with Gasteiger partial charge in [0.25, 0.3) is 10.2 Å². The molecule has 2 aliphatic rings. The summed E-state index contributed by atoms with van der Waals surface area (Å²) in [5.41, 5.74) is 0. The molecule has 1 aliphatic carbocycles. The maximum atomic E-state index is 11.1. The van der Waals surface area contributed by atoms with E-state index < -0.39 is 10.2 Å². The summed E-state index contributed by atoms with van der Waals surface area (Å²) in [4.78, 5) is 0. The SMILES string of the molecule is O=S(=O)(NC1CC1)N1CC1. The third-order valence-corrected chi connectivity index (χ3v) is 3.32. The lowest BCUT2D eigenvalue weighted by atomic mass is 10.8. The van der Waals surface area contributed by atoms with Crippen molar-refractivity contribution in [3.05, 3.63) is 0 Å². The Morgan fingerprint density at radius 2 is 1.90 bits per heavy atom. The van der Waals surface area contributed by atoms with Crippen molar-refractivity contribution >= 4 is 10.2 Å². The van der Waals surface area contributed by atoms with E-state index in [-0.39, 0.29) is 6.04 Å². The van der Waals surface area contributed by atoms with Gasteiger partial charge in [0.15, 0.2) is 0 Å². The lowest BCUT2D eigenvalue weighted by molar-refractivity contribution is 0.546. The van der Waals surface area contributed by atoms with Gasteiger partial charge in [0.1, 0.15) is 0 Å². The van der Waals surface area contributed by atoms with E-state index in [4.69, 9.17) is 0 Å². The van der Waals surface area contributed by atoms with Crippen LogP contribution in [0.2, 0.25) is 0 Å². The van der Waals surface area contributed by atoms with E-state index in [0.717, 1.165) is 12.8 Å². The summed E-state index contributed by atoms with van der Waals surface area (Å²) in [6, 6.07) is 0.241. The predicted octanol–water partition coefficient (Wildman–Crippen LogP) is -0.701. The van der Waals surface area contributed by atoms with Gasteiger partial charge in [0.05, 0.1) is 0 Å². The van der Waals surface area contributed by atoms with Crippen LogP contribution in [0.3, 0.4) is 0 Å². The van der Waals surface area contributed by atoms with Crippen LogP contribution in [0.15, 0.2) is 0 Å². The summed E-state index contributed by atoms with van der Waals surface area (Å²) in [6.07, 6.45) is 2.01. The van der Waals surface area contributed by atoms with E-state index >= 15 is 0 Å². The Hall–Kier alpha value is -0.130. The molecule has 10 heavy (non-hydrogen) atoms. The molecule has 1 aliphatic heterocycles. The van der Waals surface area contributed by atoms with E-state index in [1.807, 2.05) is 0 Å². The molecule has 0 aromatic rings. The second-order valence-corrected chi connectivity index (χ2v) is 4.50. The fraction of sp³-hybridized carbons (Fsp3) is 1.00. The van der Waals surface area contributed by atoms with Crippen LogP contribution in [0.4, 0.5) is 0 Å². The first-order valence-electron chi connectivity index (χ1n) is 3.46. The second-order valence-electron chi connectivity index (χ2n) is 2.80. The molecule has 58 valence electrons. The Morgan fingerprint density at radius 1 is 1.30 bits per heavy atom. The first-order valence-corrected chi connectivity index (χ1v) is 4.90. The van der Waals surface area contributed by atoms with Gasteiger partial charge >= 0.3 is 0 Å². The van der Waals surface area contributed by atoms with Crippen LogP contribution in [0.1, 0.15) is 12.8 Å². The fourth-order valence-electron chi connectivity index (χ4n) is 0.768. The van der Waals surface area contributed by atoms with Crippen LogP contribution in [-0.2, 0) is 10.2 Å². The van der Waals surface area contributed by atoms with Crippen molar-refractivity contribution in [2.45, 2.75) is 18.9 Å². The van der Waals surface area contributed by atoms with Crippen LogP contribution < -0.4 is 4.72 Å². The molecular formula is C5H10N2O2S. The molecule has 1 N–H and O–H groups in total. The smallest absolute Gasteiger partial charge is 0.199 e. The van der Waals surface area contributed by atoms with E-state index in [9.17, 15) is 8.42 Å². The maximum Gasteiger partial charge on any atom is 0.279 e. The molecule has 0 spiro atoms. The average molecular weight is 162 g/mol. The van der Waals surface area contributed by atoms with E-state index in [2.05, 4.69) is 4.72 Å². The van der Waals surface area contributed by atoms with Gasteiger partial charge in [-0.3, -0.25) is 0 Å². The fourth-order valence-corrected chi connectivity index (χ4v) is 2.14. The predicted molar refractivity (Wildman–Crippen MR) is 36.7 cm³/mol. The molecule has 1 saturated heterocycles. The van der Waals surface area contributed by atoms with Crippen molar-refractivity contribution in [2.24, 2.45) is 0 Å². The molecule has 4 nitrogen and oxygen atoms in total. The minimum Gasteiger partial charge on any atom is -0.199 e. The molecule has 0 bridgehead atoms.